The SMILES string of the molecule is NC1=C(N)C(O)NC=C1. The van der Waals surface area contributed by atoms with E-state index in [2.05, 4.69) is 5.32 Å². The van der Waals surface area contributed by atoms with Crippen LogP contribution in [0.25, 0.3) is 0 Å². The fraction of sp³-hybridized carbons (Fsp3) is 0.200. The standard InChI is InChI=1S/C5H9N3O/c6-3-1-2-8-5(9)4(3)7/h1-2,5,8-9H,6-7H2. The summed E-state index contributed by atoms with van der Waals surface area (Å²) in [5, 5.41) is 11.5. The van der Waals surface area contributed by atoms with Gasteiger partial charge in [0.1, 0.15) is 0 Å². The van der Waals surface area contributed by atoms with Crippen molar-refractivity contribution in [3.05, 3.63) is 23.7 Å². The fourth-order valence-electron chi connectivity index (χ4n) is 0.573. The first-order chi connectivity index (χ1) is 4.22. The lowest BCUT2D eigenvalue weighted by Gasteiger charge is -2.16. The Morgan fingerprint density at radius 3 is 2.67 bits per heavy atom. The molecule has 0 aromatic heterocycles. The molecule has 1 aliphatic heterocycles. The molecule has 1 aliphatic rings. The van der Waals surface area contributed by atoms with E-state index in [4.69, 9.17) is 16.6 Å². The number of allylic oxidation sites excluding steroid dienone is 1. The number of dihydropyridines is 1. The third-order valence-corrected chi connectivity index (χ3v) is 1.14. The van der Waals surface area contributed by atoms with E-state index in [0.717, 1.165) is 0 Å². The largest absolute Gasteiger partial charge is 0.397 e. The van der Waals surface area contributed by atoms with Gasteiger partial charge in [-0.25, -0.2) is 0 Å². The van der Waals surface area contributed by atoms with Crippen molar-refractivity contribution in [1.82, 2.24) is 5.32 Å². The maximum Gasteiger partial charge on any atom is 0.166 e. The van der Waals surface area contributed by atoms with Crippen LogP contribution >= 0.6 is 0 Å². The third-order valence-electron chi connectivity index (χ3n) is 1.14. The minimum absolute atomic E-state index is 0.275. The summed E-state index contributed by atoms with van der Waals surface area (Å²) in [5.41, 5.74) is 11.3. The summed E-state index contributed by atoms with van der Waals surface area (Å²) in [5.74, 6) is 0. The normalized spacial score (nSPS) is 26.1. The van der Waals surface area contributed by atoms with Crippen molar-refractivity contribution in [3.8, 4) is 0 Å². The number of hydrogen-bond acceptors (Lipinski definition) is 4. The average molecular weight is 127 g/mol. The van der Waals surface area contributed by atoms with Gasteiger partial charge in [-0.3, -0.25) is 0 Å². The molecule has 4 heteroatoms. The molecule has 0 radical (unpaired) electrons. The predicted molar refractivity (Wildman–Crippen MR) is 33.7 cm³/mol. The second kappa shape index (κ2) is 1.99. The molecule has 0 spiro atoms. The van der Waals surface area contributed by atoms with Gasteiger partial charge in [0, 0.05) is 6.20 Å². The van der Waals surface area contributed by atoms with Gasteiger partial charge in [-0.15, -0.1) is 0 Å². The van der Waals surface area contributed by atoms with Crippen LogP contribution in [0.1, 0.15) is 0 Å². The van der Waals surface area contributed by atoms with Crippen LogP contribution in [0.2, 0.25) is 0 Å². The van der Waals surface area contributed by atoms with Gasteiger partial charge in [0.2, 0.25) is 0 Å². The lowest BCUT2D eigenvalue weighted by Crippen LogP contribution is -2.35. The van der Waals surface area contributed by atoms with Crippen molar-refractivity contribution < 1.29 is 5.11 Å². The van der Waals surface area contributed by atoms with E-state index in [9.17, 15) is 0 Å². The third kappa shape index (κ3) is 0.972. The molecule has 0 saturated heterocycles. The number of hydrogen-bond donors (Lipinski definition) is 4. The van der Waals surface area contributed by atoms with Gasteiger partial charge in [0.25, 0.3) is 0 Å². The van der Waals surface area contributed by atoms with Crippen molar-refractivity contribution in [3.63, 3.8) is 0 Å². The van der Waals surface area contributed by atoms with Crippen LogP contribution in [0.5, 0.6) is 0 Å². The Labute approximate surface area is 52.8 Å². The van der Waals surface area contributed by atoms with Gasteiger partial charge >= 0.3 is 0 Å². The highest BCUT2D eigenvalue weighted by Crippen LogP contribution is 2.01. The lowest BCUT2D eigenvalue weighted by atomic mass is 10.2. The van der Waals surface area contributed by atoms with Crippen LogP contribution < -0.4 is 16.8 Å². The van der Waals surface area contributed by atoms with Gasteiger partial charge in [0.15, 0.2) is 6.23 Å². The van der Waals surface area contributed by atoms with Crippen molar-refractivity contribution in [2.45, 2.75) is 6.23 Å². The monoisotopic (exact) mass is 127 g/mol. The Kier molecular flexibility index (Phi) is 1.32. The summed E-state index contributed by atoms with van der Waals surface area (Å²) < 4.78 is 0. The van der Waals surface area contributed by atoms with Gasteiger partial charge in [-0.1, -0.05) is 0 Å². The number of nitrogens with two attached hydrogens (primary N) is 2. The summed E-state index contributed by atoms with van der Waals surface area (Å²) in [7, 11) is 0. The Morgan fingerprint density at radius 2 is 2.22 bits per heavy atom. The van der Waals surface area contributed by atoms with Crippen molar-refractivity contribution in [1.29, 1.82) is 0 Å². The molecule has 9 heavy (non-hydrogen) atoms. The van der Waals surface area contributed by atoms with Crippen molar-refractivity contribution >= 4 is 0 Å². The Morgan fingerprint density at radius 1 is 1.56 bits per heavy atom. The van der Waals surface area contributed by atoms with Crippen molar-refractivity contribution in [2.24, 2.45) is 11.5 Å². The smallest absolute Gasteiger partial charge is 0.166 e. The maximum absolute atomic E-state index is 8.92. The van der Waals surface area contributed by atoms with Gasteiger partial charge in [0.05, 0.1) is 11.4 Å². The first-order valence-corrected chi connectivity index (χ1v) is 2.57. The summed E-state index contributed by atoms with van der Waals surface area (Å²) in [6.07, 6.45) is 2.33. The van der Waals surface area contributed by atoms with Crippen LogP contribution in [0, 0.1) is 0 Å². The number of nitrogens with one attached hydrogen (secondary N) is 1. The summed E-state index contributed by atoms with van der Waals surface area (Å²) in [6, 6.07) is 0. The first-order valence-electron chi connectivity index (χ1n) is 2.57. The van der Waals surface area contributed by atoms with Gasteiger partial charge in [-0.2, -0.15) is 0 Å². The van der Waals surface area contributed by atoms with Crippen LogP contribution in [-0.2, 0) is 0 Å². The van der Waals surface area contributed by atoms with E-state index in [-0.39, 0.29) is 5.70 Å². The molecule has 1 atom stereocenters. The number of rotatable bonds is 0. The highest BCUT2D eigenvalue weighted by atomic mass is 16.3. The molecule has 4 nitrogen and oxygen atoms in total. The first kappa shape index (κ1) is 5.97. The van der Waals surface area contributed by atoms with Crippen LogP contribution in [0.4, 0.5) is 0 Å². The highest BCUT2D eigenvalue weighted by Gasteiger charge is 2.09. The minimum Gasteiger partial charge on any atom is -0.397 e. The molecule has 50 valence electrons. The molecule has 1 rings (SSSR count). The van der Waals surface area contributed by atoms with E-state index >= 15 is 0 Å². The zero-order valence-electron chi connectivity index (χ0n) is 4.83. The molecule has 1 heterocycles. The summed E-state index contributed by atoms with van der Waals surface area (Å²) in [6.45, 7) is 0. The second-order valence-corrected chi connectivity index (χ2v) is 1.81. The van der Waals surface area contributed by atoms with E-state index in [0.29, 0.717) is 5.70 Å². The Bertz CT molecular complexity index is 173. The van der Waals surface area contributed by atoms with E-state index in [1.165, 1.54) is 0 Å². The Balaban J connectivity index is 2.83. The lowest BCUT2D eigenvalue weighted by molar-refractivity contribution is 0.185. The number of aliphatic hydroxyl groups is 1. The molecule has 0 aliphatic carbocycles. The molecule has 0 fully saturated rings. The Hall–Kier alpha value is -1.16. The predicted octanol–water partition coefficient (Wildman–Crippen LogP) is -1.45. The second-order valence-electron chi connectivity index (χ2n) is 1.81. The molecule has 0 aromatic carbocycles. The average Bonchev–Trinajstić information content (AvgIpc) is 1.83. The molecule has 6 N–H and O–H groups in total. The molecule has 1 unspecified atom stereocenters. The molecule has 0 aromatic rings. The van der Waals surface area contributed by atoms with Crippen LogP contribution in [0.3, 0.4) is 0 Å². The van der Waals surface area contributed by atoms with Gasteiger partial charge in [-0.05, 0) is 6.08 Å². The van der Waals surface area contributed by atoms with Crippen LogP contribution in [0.15, 0.2) is 23.7 Å². The van der Waals surface area contributed by atoms with E-state index in [1.54, 1.807) is 12.3 Å². The summed E-state index contributed by atoms with van der Waals surface area (Å²) >= 11 is 0. The molecular formula is C5H9N3O. The zero-order valence-corrected chi connectivity index (χ0v) is 4.83. The van der Waals surface area contributed by atoms with Crippen molar-refractivity contribution in [2.75, 3.05) is 0 Å². The van der Waals surface area contributed by atoms with Gasteiger partial charge < -0.3 is 21.9 Å². The van der Waals surface area contributed by atoms with E-state index < -0.39 is 6.23 Å². The molecule has 0 amide bonds. The van der Waals surface area contributed by atoms with Crippen LogP contribution in [-0.4, -0.2) is 11.3 Å². The molecular weight excluding hydrogens is 118 g/mol. The topological polar surface area (TPSA) is 84.3 Å². The quantitative estimate of drug-likeness (QED) is 0.321. The molecule has 0 bridgehead atoms. The minimum atomic E-state index is -0.824. The summed E-state index contributed by atoms with van der Waals surface area (Å²) in [4.78, 5) is 0. The fourth-order valence-corrected chi connectivity index (χ4v) is 0.573. The zero-order chi connectivity index (χ0) is 6.85. The molecule has 0 saturated carbocycles. The van der Waals surface area contributed by atoms with E-state index in [1.807, 2.05) is 0 Å². The maximum atomic E-state index is 8.92. The number of aliphatic hydroxyl groups excluding tert-OH is 1. The highest BCUT2D eigenvalue weighted by molar-refractivity contribution is 5.26.